The van der Waals surface area contributed by atoms with Crippen molar-refractivity contribution in [2.24, 2.45) is 0 Å². The van der Waals surface area contributed by atoms with Crippen molar-refractivity contribution in [3.63, 3.8) is 0 Å². The first-order valence-electron chi connectivity index (χ1n) is 2.86. The van der Waals surface area contributed by atoms with E-state index in [-0.39, 0.29) is 0 Å². The standard InChI is InChI=1S/C5H6O4.HNO3/c1-3(6)2-4(7)5(8)9;2-1(3)4/h2H2,1H3,(H,8,9);(H,2,3,4). The van der Waals surface area contributed by atoms with Crippen LogP contribution in [0.3, 0.4) is 0 Å². The van der Waals surface area contributed by atoms with Gasteiger partial charge in [0.05, 0.1) is 6.42 Å². The van der Waals surface area contributed by atoms with E-state index in [1.165, 1.54) is 6.92 Å². The SMILES string of the molecule is CC(=O)CC(=O)C(=O)O.O=[N+]([O-])O. The zero-order chi connectivity index (χ0) is 11.0. The second-order valence-electron chi connectivity index (χ2n) is 1.84. The van der Waals surface area contributed by atoms with Gasteiger partial charge in [0, 0.05) is 0 Å². The molecule has 0 rings (SSSR count). The number of carbonyl (C=O) groups excluding carboxylic acids is 2. The van der Waals surface area contributed by atoms with Crippen molar-refractivity contribution >= 4 is 17.5 Å². The number of hydrogen-bond donors (Lipinski definition) is 2. The molecule has 0 saturated heterocycles. The normalized spacial score (nSPS) is 7.77. The summed E-state index contributed by atoms with van der Waals surface area (Å²) in [4.78, 5) is 38.3. The number of aliphatic carboxylic acids is 1. The molecule has 0 aliphatic heterocycles. The first-order chi connectivity index (χ1) is 5.77. The molecule has 0 bridgehead atoms. The van der Waals surface area contributed by atoms with E-state index in [2.05, 4.69) is 0 Å². The summed E-state index contributed by atoms with van der Waals surface area (Å²) < 4.78 is 0. The topological polar surface area (TPSA) is 135 Å². The van der Waals surface area contributed by atoms with Crippen molar-refractivity contribution in [3.8, 4) is 0 Å². The summed E-state index contributed by atoms with van der Waals surface area (Å²) in [6.07, 6.45) is -0.505. The van der Waals surface area contributed by atoms with Gasteiger partial charge < -0.3 is 10.3 Å². The van der Waals surface area contributed by atoms with E-state index in [0.717, 1.165) is 0 Å². The predicted octanol–water partition coefficient (Wildman–Crippen LogP) is -0.728. The molecule has 8 nitrogen and oxygen atoms in total. The minimum absolute atomic E-state index is 0.428. The van der Waals surface area contributed by atoms with Gasteiger partial charge in [-0.2, -0.15) is 0 Å². The lowest BCUT2D eigenvalue weighted by Crippen LogP contribution is -2.15. The van der Waals surface area contributed by atoms with Crippen molar-refractivity contribution in [2.75, 3.05) is 0 Å². The van der Waals surface area contributed by atoms with Crippen LogP contribution in [0.1, 0.15) is 13.3 Å². The number of Topliss-reactive ketones (excluding diaryl/α,β-unsaturated/α-hetero) is 2. The maximum absolute atomic E-state index is 10.1. The lowest BCUT2D eigenvalue weighted by molar-refractivity contribution is -0.742. The fraction of sp³-hybridized carbons (Fsp3) is 0.400. The molecule has 0 spiro atoms. The highest BCUT2D eigenvalue weighted by atomic mass is 16.9. The van der Waals surface area contributed by atoms with Crippen LogP contribution >= 0.6 is 0 Å². The van der Waals surface area contributed by atoms with Gasteiger partial charge in [-0.25, -0.2) is 4.79 Å². The summed E-state index contributed by atoms with van der Waals surface area (Å²) in [5.74, 6) is -3.03. The third-order valence-electron chi connectivity index (χ3n) is 0.648. The lowest BCUT2D eigenvalue weighted by atomic mass is 10.2. The summed E-state index contributed by atoms with van der Waals surface area (Å²) in [6.45, 7) is 1.17. The Morgan fingerprint density at radius 2 is 1.69 bits per heavy atom. The Kier molecular flexibility index (Phi) is 7.01. The van der Waals surface area contributed by atoms with Crippen molar-refractivity contribution in [1.29, 1.82) is 0 Å². The first kappa shape index (κ1) is 13.6. The van der Waals surface area contributed by atoms with E-state index in [4.69, 9.17) is 20.4 Å². The molecular formula is C5H7NO7. The molecule has 0 atom stereocenters. The van der Waals surface area contributed by atoms with Crippen LogP contribution in [0.15, 0.2) is 0 Å². The van der Waals surface area contributed by atoms with Gasteiger partial charge in [0.2, 0.25) is 5.78 Å². The first-order valence-corrected chi connectivity index (χ1v) is 2.86. The van der Waals surface area contributed by atoms with Crippen LogP contribution in [0.4, 0.5) is 0 Å². The van der Waals surface area contributed by atoms with E-state index in [1.807, 2.05) is 0 Å². The average molecular weight is 193 g/mol. The molecular weight excluding hydrogens is 186 g/mol. The van der Waals surface area contributed by atoms with Crippen molar-refractivity contribution in [1.82, 2.24) is 0 Å². The molecule has 0 fully saturated rings. The zero-order valence-electron chi connectivity index (χ0n) is 6.59. The Morgan fingerprint density at radius 3 is 1.77 bits per heavy atom. The number of rotatable bonds is 3. The fourth-order valence-corrected chi connectivity index (χ4v) is 0.302. The van der Waals surface area contributed by atoms with Crippen LogP contribution in [0.2, 0.25) is 0 Å². The van der Waals surface area contributed by atoms with E-state index < -0.39 is 29.0 Å². The minimum atomic E-state index is -1.55. The third kappa shape index (κ3) is 17.8. The Morgan fingerprint density at radius 1 is 1.38 bits per heavy atom. The summed E-state index contributed by atoms with van der Waals surface area (Å²) in [5, 5.41) is 21.6. The van der Waals surface area contributed by atoms with Crippen LogP contribution in [0, 0.1) is 10.1 Å². The number of carboxylic acid groups (broad SMARTS) is 1. The molecule has 0 amide bonds. The van der Waals surface area contributed by atoms with Crippen molar-refractivity contribution in [2.45, 2.75) is 13.3 Å². The Bertz CT molecular complexity index is 229. The van der Waals surface area contributed by atoms with E-state index in [1.54, 1.807) is 0 Å². The largest absolute Gasteiger partial charge is 0.475 e. The van der Waals surface area contributed by atoms with Crippen LogP contribution in [0.5, 0.6) is 0 Å². The molecule has 0 aromatic carbocycles. The van der Waals surface area contributed by atoms with Gasteiger partial charge in [-0.15, -0.1) is 10.1 Å². The molecule has 0 heterocycles. The molecule has 0 saturated carbocycles. The molecule has 13 heavy (non-hydrogen) atoms. The molecule has 0 aromatic heterocycles. The van der Waals surface area contributed by atoms with Crippen molar-refractivity contribution in [3.05, 3.63) is 10.1 Å². The van der Waals surface area contributed by atoms with Gasteiger partial charge >= 0.3 is 5.97 Å². The maximum Gasteiger partial charge on any atom is 0.372 e. The lowest BCUT2D eigenvalue weighted by Gasteiger charge is -1.86. The summed E-state index contributed by atoms with van der Waals surface area (Å²) >= 11 is 0. The zero-order valence-corrected chi connectivity index (χ0v) is 6.59. The van der Waals surface area contributed by atoms with Crippen LogP contribution in [-0.4, -0.2) is 32.9 Å². The quantitative estimate of drug-likeness (QED) is 0.261. The minimum Gasteiger partial charge on any atom is -0.475 e. The highest BCUT2D eigenvalue weighted by molar-refractivity contribution is 6.36. The number of nitrogens with zero attached hydrogens (tertiary/aromatic N) is 1. The highest BCUT2D eigenvalue weighted by Crippen LogP contribution is 1.83. The van der Waals surface area contributed by atoms with E-state index >= 15 is 0 Å². The maximum atomic E-state index is 10.1. The van der Waals surface area contributed by atoms with Gasteiger partial charge in [-0.1, -0.05) is 0 Å². The van der Waals surface area contributed by atoms with Gasteiger partial charge in [0.1, 0.15) is 5.78 Å². The second-order valence-corrected chi connectivity index (χ2v) is 1.84. The Balaban J connectivity index is 0. The molecule has 74 valence electrons. The number of ketones is 2. The third-order valence-corrected chi connectivity index (χ3v) is 0.648. The Hall–Kier alpha value is -1.99. The summed E-state index contributed by atoms with van der Waals surface area (Å²) in [6, 6.07) is 0. The summed E-state index contributed by atoms with van der Waals surface area (Å²) in [5.41, 5.74) is 0. The molecule has 0 aliphatic rings. The van der Waals surface area contributed by atoms with E-state index in [0.29, 0.717) is 0 Å². The molecule has 2 N–H and O–H groups in total. The number of hydrogen-bond acceptors (Lipinski definition) is 5. The van der Waals surface area contributed by atoms with Crippen LogP contribution in [-0.2, 0) is 14.4 Å². The van der Waals surface area contributed by atoms with Gasteiger partial charge in [-0.3, -0.25) is 9.59 Å². The molecule has 0 unspecified atom stereocenters. The highest BCUT2D eigenvalue weighted by Gasteiger charge is 2.12. The smallest absolute Gasteiger partial charge is 0.372 e. The molecule has 8 heteroatoms. The Labute approximate surface area is 71.9 Å². The van der Waals surface area contributed by atoms with Crippen LogP contribution in [0.25, 0.3) is 0 Å². The van der Waals surface area contributed by atoms with Crippen LogP contribution < -0.4 is 0 Å². The number of carboxylic acids is 1. The number of carbonyl (C=O) groups is 3. The average Bonchev–Trinajstić information content (AvgIpc) is 1.83. The monoisotopic (exact) mass is 193 g/mol. The molecule has 0 aromatic rings. The van der Waals surface area contributed by atoms with Gasteiger partial charge in [0.25, 0.3) is 5.09 Å². The van der Waals surface area contributed by atoms with Crippen molar-refractivity contribution < 1.29 is 29.8 Å². The summed E-state index contributed by atoms with van der Waals surface area (Å²) in [7, 11) is 0. The van der Waals surface area contributed by atoms with Gasteiger partial charge in [0.15, 0.2) is 0 Å². The second kappa shape index (κ2) is 6.70. The molecule has 0 radical (unpaired) electrons. The predicted molar refractivity (Wildman–Crippen MR) is 36.7 cm³/mol. The van der Waals surface area contributed by atoms with Gasteiger partial charge in [-0.05, 0) is 6.92 Å². The fourth-order valence-electron chi connectivity index (χ4n) is 0.302. The molecule has 0 aliphatic carbocycles. The van der Waals surface area contributed by atoms with E-state index in [9.17, 15) is 14.4 Å².